The van der Waals surface area contributed by atoms with Gasteiger partial charge in [-0.05, 0) is 52.4 Å². The van der Waals surface area contributed by atoms with Gasteiger partial charge in [0.25, 0.3) is 0 Å². The Bertz CT molecular complexity index is 577. The van der Waals surface area contributed by atoms with Crippen molar-refractivity contribution in [3.05, 3.63) is 12.4 Å². The molecule has 0 heterocycles. The van der Waals surface area contributed by atoms with Crippen LogP contribution in [0.25, 0.3) is 0 Å². The van der Waals surface area contributed by atoms with Gasteiger partial charge in [-0.2, -0.15) is 0 Å². The molecule has 0 radical (unpaired) electrons. The van der Waals surface area contributed by atoms with Crippen molar-refractivity contribution in [2.75, 3.05) is 19.1 Å². The van der Waals surface area contributed by atoms with Gasteiger partial charge in [-0.3, -0.25) is 4.99 Å². The van der Waals surface area contributed by atoms with E-state index >= 15 is 0 Å². The third kappa shape index (κ3) is 4.49. The van der Waals surface area contributed by atoms with E-state index in [-0.39, 0.29) is 0 Å². The first kappa shape index (κ1) is 18.1. The van der Waals surface area contributed by atoms with Crippen LogP contribution < -0.4 is 5.32 Å². The van der Waals surface area contributed by atoms with Gasteiger partial charge in [0.05, 0.1) is 12.1 Å². The summed E-state index contributed by atoms with van der Waals surface area (Å²) in [7, 11) is -3.49. The smallest absolute Gasteiger partial charge is 0.331 e. The van der Waals surface area contributed by atoms with E-state index < -0.39 is 14.9 Å². The summed E-state index contributed by atoms with van der Waals surface area (Å²) >= 11 is 0. The summed E-state index contributed by atoms with van der Waals surface area (Å²) < 4.78 is 26.1. The zero-order valence-corrected chi connectivity index (χ0v) is 16.7. The number of rotatable bonds is 10. The molecule has 3 fully saturated rings. The fraction of sp³-hybridized carbons (Fsp3) is 0.824. The highest BCUT2D eigenvalue weighted by Gasteiger charge is 2.52. The molecule has 1 unspecified atom stereocenters. The third-order valence-corrected chi connectivity index (χ3v) is 11.3. The quantitative estimate of drug-likeness (QED) is 0.352. The van der Waals surface area contributed by atoms with E-state index in [4.69, 9.17) is 0 Å². The van der Waals surface area contributed by atoms with Gasteiger partial charge < -0.3 is 14.8 Å². The van der Waals surface area contributed by atoms with Crippen molar-refractivity contribution >= 4 is 20.8 Å². The molecule has 0 aliphatic heterocycles. The minimum Gasteiger partial charge on any atom is -0.331 e. The Balaban J connectivity index is 1.70. The van der Waals surface area contributed by atoms with E-state index in [2.05, 4.69) is 16.9 Å². The van der Waals surface area contributed by atoms with E-state index in [0.29, 0.717) is 41.9 Å². The van der Waals surface area contributed by atoms with E-state index in [1.165, 1.54) is 0 Å². The number of hydrogen-bond donors (Lipinski definition) is 1. The standard InChI is InChI=1S/C17H30N3O2P2/c1-4-18-13(2)19-14(3)20(11-23(21)15-5-6-15)12-24(22,16-7-8-16)17-9-10-17/h15-17H,3-12H2,1-2H3,(H,18,19)/q+1. The van der Waals surface area contributed by atoms with Crippen LogP contribution in [-0.2, 0) is 9.13 Å². The van der Waals surface area contributed by atoms with Gasteiger partial charge in [-0.15, -0.1) is 0 Å². The van der Waals surface area contributed by atoms with Gasteiger partial charge in [0, 0.05) is 17.9 Å². The van der Waals surface area contributed by atoms with Crippen LogP contribution in [0.1, 0.15) is 52.4 Å². The SMILES string of the molecule is C=C(NC(C)=NCC)N(C[P+](=O)C1CC1)CP(=O)(C1CC1)C1CC1. The topological polar surface area (TPSA) is 61.8 Å². The zero-order chi connectivity index (χ0) is 17.3. The van der Waals surface area contributed by atoms with Gasteiger partial charge in [-0.25, -0.2) is 0 Å². The van der Waals surface area contributed by atoms with E-state index in [9.17, 15) is 9.13 Å². The second kappa shape index (κ2) is 7.30. The molecule has 3 aliphatic rings. The van der Waals surface area contributed by atoms with Gasteiger partial charge in [-0.1, -0.05) is 11.1 Å². The molecule has 134 valence electrons. The molecule has 0 amide bonds. The van der Waals surface area contributed by atoms with Crippen molar-refractivity contribution in [1.82, 2.24) is 10.2 Å². The molecule has 24 heavy (non-hydrogen) atoms. The molecule has 3 saturated carbocycles. The predicted molar refractivity (Wildman–Crippen MR) is 102 cm³/mol. The Kier molecular flexibility index (Phi) is 5.52. The van der Waals surface area contributed by atoms with Crippen LogP contribution in [0.2, 0.25) is 0 Å². The number of nitrogens with zero attached hydrogens (tertiary/aromatic N) is 2. The Hall–Kier alpha value is -0.660. The molecule has 0 spiro atoms. The lowest BCUT2D eigenvalue weighted by Crippen LogP contribution is -2.35. The molecule has 1 N–H and O–H groups in total. The maximum absolute atomic E-state index is 13.6. The number of hydrogen-bond acceptors (Lipinski definition) is 4. The van der Waals surface area contributed by atoms with Gasteiger partial charge in [0.1, 0.15) is 13.0 Å². The Morgan fingerprint density at radius 1 is 1.25 bits per heavy atom. The van der Waals surface area contributed by atoms with Crippen molar-refractivity contribution in [1.29, 1.82) is 0 Å². The minimum atomic E-state index is -2.22. The highest BCUT2D eigenvalue weighted by atomic mass is 31.2. The van der Waals surface area contributed by atoms with Crippen LogP contribution in [0.5, 0.6) is 0 Å². The van der Waals surface area contributed by atoms with Gasteiger partial charge in [0.15, 0.2) is 5.66 Å². The molecular weight excluding hydrogens is 340 g/mol. The fourth-order valence-electron chi connectivity index (χ4n) is 3.25. The number of nitrogens with one attached hydrogen (secondary N) is 1. The van der Waals surface area contributed by atoms with Crippen LogP contribution in [0, 0.1) is 0 Å². The number of amidine groups is 1. The minimum absolute atomic E-state index is 0.363. The summed E-state index contributed by atoms with van der Waals surface area (Å²) in [5.41, 5.74) is 1.18. The molecular formula is C17H30N3O2P2+. The summed E-state index contributed by atoms with van der Waals surface area (Å²) in [5.74, 6) is 1.51. The zero-order valence-electron chi connectivity index (χ0n) is 14.9. The molecule has 1 atom stereocenters. The van der Waals surface area contributed by atoms with E-state index in [0.717, 1.165) is 44.4 Å². The highest BCUT2D eigenvalue weighted by Crippen LogP contribution is 2.70. The lowest BCUT2D eigenvalue weighted by atomic mass is 10.6. The lowest BCUT2D eigenvalue weighted by molar-refractivity contribution is 0.424. The number of aliphatic imine (C=N–C) groups is 1. The average Bonchev–Trinajstić information content (AvgIpc) is 3.43. The van der Waals surface area contributed by atoms with Crippen molar-refractivity contribution < 1.29 is 9.13 Å². The van der Waals surface area contributed by atoms with E-state index in [1.807, 2.05) is 18.7 Å². The summed E-state index contributed by atoms with van der Waals surface area (Å²) in [6.07, 6.45) is 7.58. The van der Waals surface area contributed by atoms with Crippen LogP contribution in [-0.4, -0.2) is 46.8 Å². The molecule has 0 aromatic rings. The van der Waals surface area contributed by atoms with Crippen LogP contribution in [0.3, 0.4) is 0 Å². The molecule has 7 heteroatoms. The maximum atomic E-state index is 13.6. The molecule has 0 bridgehead atoms. The fourth-order valence-corrected chi connectivity index (χ4v) is 8.88. The molecule has 0 saturated heterocycles. The summed E-state index contributed by atoms with van der Waals surface area (Å²) in [6, 6.07) is 0. The van der Waals surface area contributed by atoms with Gasteiger partial charge in [0.2, 0.25) is 6.29 Å². The first-order valence-corrected chi connectivity index (χ1v) is 12.7. The monoisotopic (exact) mass is 370 g/mol. The van der Waals surface area contributed by atoms with Gasteiger partial charge >= 0.3 is 7.80 Å². The van der Waals surface area contributed by atoms with Crippen LogP contribution >= 0.6 is 14.9 Å². The maximum Gasteiger partial charge on any atom is 0.363 e. The highest BCUT2D eigenvalue weighted by molar-refractivity contribution is 7.66. The summed E-state index contributed by atoms with van der Waals surface area (Å²) in [6.45, 7) is 8.75. The van der Waals surface area contributed by atoms with Crippen molar-refractivity contribution in [2.45, 2.75) is 69.3 Å². The molecule has 0 aromatic heterocycles. The van der Waals surface area contributed by atoms with E-state index in [1.54, 1.807) is 0 Å². The average molecular weight is 370 g/mol. The Morgan fingerprint density at radius 2 is 1.83 bits per heavy atom. The molecule has 5 nitrogen and oxygen atoms in total. The first-order chi connectivity index (χ1) is 11.4. The van der Waals surface area contributed by atoms with Crippen LogP contribution in [0.15, 0.2) is 17.4 Å². The van der Waals surface area contributed by atoms with Crippen molar-refractivity contribution in [3.8, 4) is 0 Å². The summed E-state index contributed by atoms with van der Waals surface area (Å²) in [4.78, 5) is 6.36. The lowest BCUT2D eigenvalue weighted by Gasteiger charge is -2.28. The second-order valence-corrected chi connectivity index (χ2v) is 12.7. The Morgan fingerprint density at radius 3 is 2.29 bits per heavy atom. The first-order valence-electron chi connectivity index (χ1n) is 9.18. The largest absolute Gasteiger partial charge is 0.363 e. The summed E-state index contributed by atoms with van der Waals surface area (Å²) in [5, 5.41) is 3.22. The van der Waals surface area contributed by atoms with Crippen molar-refractivity contribution in [3.63, 3.8) is 0 Å². The van der Waals surface area contributed by atoms with Crippen LogP contribution in [0.4, 0.5) is 0 Å². The molecule has 3 aliphatic carbocycles. The van der Waals surface area contributed by atoms with Crippen molar-refractivity contribution in [2.24, 2.45) is 4.99 Å². The molecule has 3 rings (SSSR count). The normalized spacial score (nSPS) is 22.2. The third-order valence-electron chi connectivity index (χ3n) is 5.09. The predicted octanol–water partition coefficient (Wildman–Crippen LogP) is 4.38. The second-order valence-electron chi connectivity index (χ2n) is 7.42. The molecule has 0 aromatic carbocycles. The Labute approximate surface area is 146 Å².